The lowest BCUT2D eigenvalue weighted by molar-refractivity contribution is -0.166. The second-order valence-corrected chi connectivity index (χ2v) is 10.4. The van der Waals surface area contributed by atoms with Crippen LogP contribution in [0.25, 0.3) is 0 Å². The first-order valence-corrected chi connectivity index (χ1v) is 9.66. The lowest BCUT2D eigenvalue weighted by atomic mass is 9.40. The largest absolute Gasteiger partial charge is 0.388 e. The van der Waals surface area contributed by atoms with Gasteiger partial charge in [-0.2, -0.15) is 0 Å². The summed E-state index contributed by atoms with van der Waals surface area (Å²) in [5.41, 5.74) is 2.65. The zero-order valence-corrected chi connectivity index (χ0v) is 13.6. The first kappa shape index (κ1) is 12.1. The summed E-state index contributed by atoms with van der Waals surface area (Å²) in [6, 6.07) is 1.64. The number of rotatable bonds is 0. The molecular formula is C20H27NO. The number of hydrogen-bond acceptors (Lipinski definition) is 2. The fourth-order valence-corrected chi connectivity index (χ4v) is 10.4. The van der Waals surface area contributed by atoms with E-state index in [0.717, 1.165) is 29.8 Å². The molecular weight excluding hydrogens is 270 g/mol. The molecule has 9 bridgehead atoms. The summed E-state index contributed by atoms with van der Waals surface area (Å²) in [6.45, 7) is 8.32. The summed E-state index contributed by atoms with van der Waals surface area (Å²) in [5.74, 6) is 3.21. The molecule has 118 valence electrons. The Balaban J connectivity index is 1.53. The Morgan fingerprint density at radius 1 is 1.23 bits per heavy atom. The van der Waals surface area contributed by atoms with Gasteiger partial charge in [0, 0.05) is 24.0 Å². The second kappa shape index (κ2) is 2.99. The smallest absolute Gasteiger partial charge is 0.0813 e. The van der Waals surface area contributed by atoms with Gasteiger partial charge in [0.2, 0.25) is 0 Å². The summed E-state index contributed by atoms with van der Waals surface area (Å²) in [4.78, 5) is 2.98. The molecule has 2 heteroatoms. The van der Waals surface area contributed by atoms with E-state index < -0.39 is 0 Å². The van der Waals surface area contributed by atoms with Crippen molar-refractivity contribution in [1.82, 2.24) is 4.90 Å². The summed E-state index contributed by atoms with van der Waals surface area (Å²) >= 11 is 0. The number of hydrogen-bond donors (Lipinski definition) is 1. The van der Waals surface area contributed by atoms with Crippen molar-refractivity contribution in [3.8, 4) is 0 Å². The lowest BCUT2D eigenvalue weighted by Crippen LogP contribution is -2.63. The van der Waals surface area contributed by atoms with Crippen molar-refractivity contribution >= 4 is 0 Å². The van der Waals surface area contributed by atoms with Gasteiger partial charge in [0.15, 0.2) is 0 Å². The van der Waals surface area contributed by atoms with Crippen LogP contribution in [0.2, 0.25) is 0 Å². The van der Waals surface area contributed by atoms with Gasteiger partial charge in [-0.05, 0) is 72.2 Å². The van der Waals surface area contributed by atoms with Crippen molar-refractivity contribution < 1.29 is 5.11 Å². The van der Waals surface area contributed by atoms with Gasteiger partial charge >= 0.3 is 0 Å². The predicted molar refractivity (Wildman–Crippen MR) is 84.1 cm³/mol. The second-order valence-electron chi connectivity index (χ2n) is 10.4. The van der Waals surface area contributed by atoms with Crippen LogP contribution in [-0.2, 0) is 0 Å². The summed E-state index contributed by atoms with van der Waals surface area (Å²) in [5, 5.41) is 11.2. The normalized spacial score (nSPS) is 75.1. The molecule has 9 aliphatic rings. The molecule has 9 rings (SSSR count). The predicted octanol–water partition coefficient (Wildman–Crippen LogP) is 2.82. The van der Waals surface area contributed by atoms with Gasteiger partial charge in [-0.3, -0.25) is 4.90 Å². The van der Waals surface area contributed by atoms with Gasteiger partial charge in [0.1, 0.15) is 0 Å². The van der Waals surface area contributed by atoms with Crippen LogP contribution in [-0.4, -0.2) is 34.7 Å². The number of fused-ring (bicyclic) bond motifs is 1. The average molecular weight is 297 g/mol. The monoisotopic (exact) mass is 297 g/mol. The lowest BCUT2D eigenvalue weighted by Gasteiger charge is -2.64. The van der Waals surface area contributed by atoms with Crippen molar-refractivity contribution in [1.29, 1.82) is 0 Å². The highest BCUT2D eigenvalue weighted by molar-refractivity contribution is 5.42. The molecule has 11 atom stereocenters. The topological polar surface area (TPSA) is 23.5 Å². The van der Waals surface area contributed by atoms with Crippen LogP contribution in [0.1, 0.15) is 45.4 Å². The molecule has 0 aromatic rings. The van der Waals surface area contributed by atoms with E-state index in [1.807, 2.05) is 0 Å². The standard InChI is InChI=1S/C20H27NO/c1-10-11-6-12-16-19-5-3-4-18(2)9-21(16)13(15(18)19)8-20(12,17(10)22)14(19)7-11/h11-17,22H,1,3-9H2,2H3/t11-,12?,13-,14-,15+,16+,17+,18-,19?,20+/m0/s1. The molecule has 0 aromatic heterocycles. The molecule has 0 aromatic carbocycles. The van der Waals surface area contributed by atoms with Gasteiger partial charge in [-0.25, -0.2) is 0 Å². The zero-order chi connectivity index (χ0) is 14.6. The third-order valence-electron chi connectivity index (χ3n) is 10.3. The Morgan fingerprint density at radius 3 is 2.95 bits per heavy atom. The van der Waals surface area contributed by atoms with E-state index in [2.05, 4.69) is 18.4 Å². The molecule has 1 N–H and O–H groups in total. The molecule has 3 heterocycles. The molecule has 2 nitrogen and oxygen atoms in total. The van der Waals surface area contributed by atoms with E-state index >= 15 is 0 Å². The highest BCUT2D eigenvalue weighted by atomic mass is 16.3. The van der Waals surface area contributed by atoms with Crippen LogP contribution in [0, 0.1) is 39.9 Å². The van der Waals surface area contributed by atoms with E-state index in [4.69, 9.17) is 0 Å². The SMILES string of the molecule is C=C1[C@H]2CC3[C@H]4N5C[C@]6(C)CCCC47[C@@H]6[C@@H]5C[C@]3([C@@H]1O)[C@H]7C2. The first-order valence-electron chi connectivity index (χ1n) is 9.66. The van der Waals surface area contributed by atoms with Crippen LogP contribution in [0.5, 0.6) is 0 Å². The Morgan fingerprint density at radius 2 is 2.09 bits per heavy atom. The minimum Gasteiger partial charge on any atom is -0.388 e. The van der Waals surface area contributed by atoms with E-state index in [-0.39, 0.29) is 11.5 Å². The van der Waals surface area contributed by atoms with Gasteiger partial charge < -0.3 is 5.11 Å². The molecule has 3 aliphatic heterocycles. The third kappa shape index (κ3) is 0.815. The van der Waals surface area contributed by atoms with Gasteiger partial charge in [0.25, 0.3) is 0 Å². The zero-order valence-electron chi connectivity index (χ0n) is 13.6. The van der Waals surface area contributed by atoms with Crippen molar-refractivity contribution in [2.45, 2.75) is 63.6 Å². The van der Waals surface area contributed by atoms with Crippen LogP contribution in [0.3, 0.4) is 0 Å². The number of aliphatic hydroxyl groups is 1. The van der Waals surface area contributed by atoms with Gasteiger partial charge in [0.05, 0.1) is 6.10 Å². The molecule has 22 heavy (non-hydrogen) atoms. The molecule has 3 unspecified atom stereocenters. The summed E-state index contributed by atoms with van der Waals surface area (Å²) in [6.07, 6.45) is 8.23. The highest BCUT2D eigenvalue weighted by Gasteiger charge is 2.87. The van der Waals surface area contributed by atoms with Crippen LogP contribution >= 0.6 is 0 Å². The fraction of sp³-hybridized carbons (Fsp3) is 0.900. The van der Waals surface area contributed by atoms with E-state index in [1.165, 1.54) is 50.6 Å². The Hall–Kier alpha value is -0.340. The molecule has 0 amide bonds. The fourth-order valence-electron chi connectivity index (χ4n) is 10.4. The minimum atomic E-state index is -0.172. The molecule has 3 saturated heterocycles. The average Bonchev–Trinajstić information content (AvgIpc) is 2.90. The van der Waals surface area contributed by atoms with Crippen molar-refractivity contribution in [3.05, 3.63) is 12.2 Å². The van der Waals surface area contributed by atoms with E-state index in [0.29, 0.717) is 16.7 Å². The molecule has 2 spiro atoms. The summed E-state index contributed by atoms with van der Waals surface area (Å²) in [7, 11) is 0. The van der Waals surface area contributed by atoms with E-state index in [9.17, 15) is 5.11 Å². The number of piperidine rings is 2. The van der Waals surface area contributed by atoms with Gasteiger partial charge in [-0.15, -0.1) is 0 Å². The summed E-state index contributed by atoms with van der Waals surface area (Å²) < 4.78 is 0. The molecule has 0 radical (unpaired) electrons. The number of nitrogens with zero attached hydrogens (tertiary/aromatic N) is 1. The van der Waals surface area contributed by atoms with Crippen molar-refractivity contribution in [3.63, 3.8) is 0 Å². The van der Waals surface area contributed by atoms with Gasteiger partial charge in [-0.1, -0.05) is 19.9 Å². The molecule has 6 saturated carbocycles. The maximum absolute atomic E-state index is 11.2. The Bertz CT molecular complexity index is 644. The Kier molecular flexibility index (Phi) is 1.64. The molecule has 9 fully saturated rings. The van der Waals surface area contributed by atoms with Crippen molar-refractivity contribution in [2.24, 2.45) is 39.9 Å². The van der Waals surface area contributed by atoms with Crippen LogP contribution in [0.15, 0.2) is 12.2 Å². The first-order chi connectivity index (χ1) is 10.5. The van der Waals surface area contributed by atoms with Crippen LogP contribution in [0.4, 0.5) is 0 Å². The maximum atomic E-state index is 11.2. The van der Waals surface area contributed by atoms with Crippen molar-refractivity contribution in [2.75, 3.05) is 6.54 Å². The van der Waals surface area contributed by atoms with Crippen LogP contribution < -0.4 is 0 Å². The number of aliphatic hydroxyl groups excluding tert-OH is 1. The maximum Gasteiger partial charge on any atom is 0.0813 e. The quantitative estimate of drug-likeness (QED) is 0.695. The molecule has 6 aliphatic carbocycles. The van der Waals surface area contributed by atoms with E-state index in [1.54, 1.807) is 0 Å². The third-order valence-corrected chi connectivity index (χ3v) is 10.3. The Labute approximate surface area is 132 Å². The highest BCUT2D eigenvalue weighted by Crippen LogP contribution is 2.86. The minimum absolute atomic E-state index is 0.172.